The molecule has 5 heteroatoms. The van der Waals surface area contributed by atoms with Gasteiger partial charge in [-0.15, -0.1) is 0 Å². The lowest BCUT2D eigenvalue weighted by Gasteiger charge is -2.03. The van der Waals surface area contributed by atoms with Gasteiger partial charge in [-0.3, -0.25) is 0 Å². The lowest BCUT2D eigenvalue weighted by Crippen LogP contribution is -2.02. The van der Waals surface area contributed by atoms with Crippen molar-refractivity contribution in [3.63, 3.8) is 0 Å². The van der Waals surface area contributed by atoms with Crippen molar-refractivity contribution in [2.24, 2.45) is 0 Å². The van der Waals surface area contributed by atoms with Crippen molar-refractivity contribution in [1.29, 1.82) is 0 Å². The predicted octanol–water partition coefficient (Wildman–Crippen LogP) is 1.93. The molecule has 0 atom stereocenters. The number of carbonyl (C=O) groups is 1. The highest BCUT2D eigenvalue weighted by Crippen LogP contribution is 2.26. The number of hydrogen-bond donors (Lipinski definition) is 0. The monoisotopic (exact) mass is 221 g/mol. The summed E-state index contributed by atoms with van der Waals surface area (Å²) in [5.74, 6) is 0.564. The zero-order chi connectivity index (χ0) is 11.7. The van der Waals surface area contributed by atoms with Crippen molar-refractivity contribution < 1.29 is 18.7 Å². The van der Waals surface area contributed by atoms with Crippen molar-refractivity contribution in [1.82, 2.24) is 4.98 Å². The molecule has 1 aromatic heterocycles. The van der Waals surface area contributed by atoms with Crippen molar-refractivity contribution in [2.75, 3.05) is 14.2 Å². The molecule has 5 nitrogen and oxygen atoms in total. The molecule has 84 valence electrons. The van der Waals surface area contributed by atoms with Crippen LogP contribution in [0.25, 0.3) is 11.1 Å². The minimum Gasteiger partial charge on any atom is -0.497 e. The minimum absolute atomic E-state index is 0.317. The van der Waals surface area contributed by atoms with E-state index in [-0.39, 0.29) is 0 Å². The number of hydrogen-bond acceptors (Lipinski definition) is 5. The van der Waals surface area contributed by atoms with Crippen LogP contribution in [0.15, 0.2) is 16.5 Å². The maximum atomic E-state index is 11.5. The fourth-order valence-corrected chi connectivity index (χ4v) is 1.50. The SMILES string of the molecule is COC(=O)c1cc(OC)cc2nc(C)oc12. The number of esters is 1. The lowest BCUT2D eigenvalue weighted by atomic mass is 10.2. The molecule has 0 bridgehead atoms. The first-order chi connectivity index (χ1) is 7.65. The number of ether oxygens (including phenoxy) is 2. The van der Waals surface area contributed by atoms with E-state index in [1.165, 1.54) is 14.2 Å². The van der Waals surface area contributed by atoms with Gasteiger partial charge in [0.25, 0.3) is 0 Å². The van der Waals surface area contributed by atoms with E-state index in [1.807, 2.05) is 0 Å². The Hall–Kier alpha value is -2.04. The third kappa shape index (κ3) is 1.60. The van der Waals surface area contributed by atoms with E-state index in [4.69, 9.17) is 9.15 Å². The second-order valence-corrected chi connectivity index (χ2v) is 3.25. The van der Waals surface area contributed by atoms with Crippen LogP contribution in [-0.4, -0.2) is 25.2 Å². The van der Waals surface area contributed by atoms with Crippen LogP contribution in [0.2, 0.25) is 0 Å². The quantitative estimate of drug-likeness (QED) is 0.725. The largest absolute Gasteiger partial charge is 0.497 e. The molecular weight excluding hydrogens is 210 g/mol. The number of nitrogens with zero attached hydrogens (tertiary/aromatic N) is 1. The zero-order valence-electron chi connectivity index (χ0n) is 9.23. The van der Waals surface area contributed by atoms with Gasteiger partial charge in [0.15, 0.2) is 11.5 Å². The van der Waals surface area contributed by atoms with Crippen LogP contribution in [0.5, 0.6) is 5.75 Å². The summed E-state index contributed by atoms with van der Waals surface area (Å²) >= 11 is 0. The van der Waals surface area contributed by atoms with Crippen molar-refractivity contribution >= 4 is 17.1 Å². The normalized spacial score (nSPS) is 10.4. The van der Waals surface area contributed by atoms with Crippen LogP contribution in [0.1, 0.15) is 16.2 Å². The first-order valence-corrected chi connectivity index (χ1v) is 4.69. The van der Waals surface area contributed by atoms with Gasteiger partial charge in [-0.2, -0.15) is 0 Å². The molecule has 1 aromatic carbocycles. The Balaban J connectivity index is 2.72. The van der Waals surface area contributed by atoms with Crippen LogP contribution in [0, 0.1) is 6.92 Å². The van der Waals surface area contributed by atoms with E-state index >= 15 is 0 Å². The number of methoxy groups -OCH3 is 2. The van der Waals surface area contributed by atoms with Crippen LogP contribution in [-0.2, 0) is 4.74 Å². The summed E-state index contributed by atoms with van der Waals surface area (Å²) in [6.45, 7) is 1.72. The summed E-state index contributed by atoms with van der Waals surface area (Å²) in [5.41, 5.74) is 1.32. The van der Waals surface area contributed by atoms with E-state index in [1.54, 1.807) is 19.1 Å². The van der Waals surface area contributed by atoms with Crippen molar-refractivity contribution in [3.8, 4) is 5.75 Å². The number of rotatable bonds is 2. The molecule has 0 unspecified atom stereocenters. The molecule has 0 saturated heterocycles. The molecule has 0 amide bonds. The van der Waals surface area contributed by atoms with Gasteiger partial charge in [-0.25, -0.2) is 9.78 Å². The van der Waals surface area contributed by atoms with E-state index in [0.717, 1.165) is 0 Å². The Morgan fingerprint density at radius 2 is 2.12 bits per heavy atom. The maximum absolute atomic E-state index is 11.5. The Bertz CT molecular complexity index is 544. The summed E-state index contributed by atoms with van der Waals surface area (Å²) in [7, 11) is 2.84. The zero-order valence-corrected chi connectivity index (χ0v) is 9.23. The van der Waals surface area contributed by atoms with Gasteiger partial charge in [0.2, 0.25) is 0 Å². The summed E-state index contributed by atoms with van der Waals surface area (Å²) < 4.78 is 15.1. The molecule has 0 saturated carbocycles. The average molecular weight is 221 g/mol. The molecule has 0 aliphatic carbocycles. The van der Waals surface area contributed by atoms with Crippen LogP contribution < -0.4 is 4.74 Å². The molecule has 0 spiro atoms. The summed E-state index contributed by atoms with van der Waals surface area (Å²) in [6.07, 6.45) is 0. The summed E-state index contributed by atoms with van der Waals surface area (Å²) in [6, 6.07) is 3.27. The van der Waals surface area contributed by atoms with Gasteiger partial charge in [-0.05, 0) is 6.07 Å². The highest BCUT2D eigenvalue weighted by atomic mass is 16.5. The van der Waals surface area contributed by atoms with Crippen LogP contribution >= 0.6 is 0 Å². The third-order valence-electron chi connectivity index (χ3n) is 2.21. The number of carbonyl (C=O) groups excluding carboxylic acids is 1. The fraction of sp³-hybridized carbons (Fsp3) is 0.273. The molecule has 16 heavy (non-hydrogen) atoms. The molecular formula is C11H11NO4. The summed E-state index contributed by atoms with van der Waals surface area (Å²) in [5, 5.41) is 0. The minimum atomic E-state index is -0.472. The van der Waals surface area contributed by atoms with Gasteiger partial charge in [0.05, 0.1) is 14.2 Å². The topological polar surface area (TPSA) is 61.6 Å². The number of benzene rings is 1. The third-order valence-corrected chi connectivity index (χ3v) is 2.21. The second-order valence-electron chi connectivity index (χ2n) is 3.25. The summed E-state index contributed by atoms with van der Waals surface area (Å²) in [4.78, 5) is 15.7. The first kappa shape index (κ1) is 10.5. The molecule has 1 heterocycles. The molecule has 2 aromatic rings. The number of aromatic nitrogens is 1. The van der Waals surface area contributed by atoms with Gasteiger partial charge >= 0.3 is 5.97 Å². The van der Waals surface area contributed by atoms with Crippen LogP contribution in [0.3, 0.4) is 0 Å². The van der Waals surface area contributed by atoms with Crippen molar-refractivity contribution in [3.05, 3.63) is 23.6 Å². The van der Waals surface area contributed by atoms with E-state index in [0.29, 0.717) is 28.3 Å². The van der Waals surface area contributed by atoms with E-state index < -0.39 is 5.97 Å². The predicted molar refractivity (Wildman–Crippen MR) is 56.6 cm³/mol. The van der Waals surface area contributed by atoms with Crippen molar-refractivity contribution in [2.45, 2.75) is 6.92 Å². The van der Waals surface area contributed by atoms with E-state index in [2.05, 4.69) is 9.72 Å². The van der Waals surface area contributed by atoms with Gasteiger partial charge in [0, 0.05) is 13.0 Å². The molecule has 0 N–H and O–H groups in total. The molecule has 0 fully saturated rings. The Kier molecular flexibility index (Phi) is 2.52. The number of aryl methyl sites for hydroxylation is 1. The molecule has 0 aliphatic rings. The maximum Gasteiger partial charge on any atom is 0.341 e. The highest BCUT2D eigenvalue weighted by molar-refractivity contribution is 6.01. The second kappa shape index (κ2) is 3.84. The molecule has 0 radical (unpaired) electrons. The Morgan fingerprint density at radius 3 is 2.75 bits per heavy atom. The Morgan fingerprint density at radius 1 is 1.38 bits per heavy atom. The standard InChI is InChI=1S/C11H11NO4/c1-6-12-9-5-7(14-2)4-8(10(9)16-6)11(13)15-3/h4-5H,1-3H3. The van der Waals surface area contributed by atoms with Crippen LogP contribution in [0.4, 0.5) is 0 Å². The fourth-order valence-electron chi connectivity index (χ4n) is 1.50. The van der Waals surface area contributed by atoms with Gasteiger partial charge < -0.3 is 13.9 Å². The average Bonchev–Trinajstić information content (AvgIpc) is 2.66. The van der Waals surface area contributed by atoms with Gasteiger partial charge in [-0.1, -0.05) is 0 Å². The lowest BCUT2D eigenvalue weighted by molar-refractivity contribution is 0.0601. The smallest absolute Gasteiger partial charge is 0.341 e. The molecule has 0 aliphatic heterocycles. The van der Waals surface area contributed by atoms with E-state index in [9.17, 15) is 4.79 Å². The highest BCUT2D eigenvalue weighted by Gasteiger charge is 2.17. The number of oxazole rings is 1. The number of fused-ring (bicyclic) bond motifs is 1. The van der Waals surface area contributed by atoms with Gasteiger partial charge in [0.1, 0.15) is 16.8 Å². The first-order valence-electron chi connectivity index (χ1n) is 4.69. The Labute approximate surface area is 92.0 Å². The molecule has 2 rings (SSSR count).